The molecule has 0 radical (unpaired) electrons. The highest BCUT2D eigenvalue weighted by Gasteiger charge is 2.30. The van der Waals surface area contributed by atoms with Crippen molar-refractivity contribution >= 4 is 15.9 Å². The highest BCUT2D eigenvalue weighted by molar-refractivity contribution is 7.89. The van der Waals surface area contributed by atoms with Crippen LogP contribution in [0.3, 0.4) is 0 Å². The lowest BCUT2D eigenvalue weighted by Crippen LogP contribution is -2.29. The molecular weight excluding hydrogens is 402 g/mol. The summed E-state index contributed by atoms with van der Waals surface area (Å²) >= 11 is 0. The molecule has 7 nitrogen and oxygen atoms in total. The maximum Gasteiger partial charge on any atom is 0.251 e. The molecule has 1 amide bonds. The standard InChI is InChI=1S/C22H29N3O4S/c1-25(16-17-7-4-3-5-8-17)14-6-13-23-22(26)18-9-12-20(29-2)21(15-18)30(27,28)24-19-10-11-19/h3-5,7-9,12,15,19,24H,6,10-11,13-14,16H2,1-2H3,(H,23,26). The Labute approximate surface area is 178 Å². The van der Waals surface area contributed by atoms with Crippen molar-refractivity contribution in [3.8, 4) is 5.75 Å². The average Bonchev–Trinajstić information content (AvgIpc) is 3.54. The van der Waals surface area contributed by atoms with E-state index in [2.05, 4.69) is 27.1 Å². The van der Waals surface area contributed by atoms with Crippen LogP contribution in [0.2, 0.25) is 0 Å². The fraction of sp³-hybridized carbons (Fsp3) is 0.409. The molecule has 0 spiro atoms. The maximum atomic E-state index is 12.6. The van der Waals surface area contributed by atoms with E-state index < -0.39 is 10.0 Å². The normalized spacial score (nSPS) is 14.0. The van der Waals surface area contributed by atoms with Crippen LogP contribution in [0.4, 0.5) is 0 Å². The lowest BCUT2D eigenvalue weighted by molar-refractivity contribution is 0.0951. The van der Waals surface area contributed by atoms with Crippen LogP contribution in [-0.4, -0.2) is 52.5 Å². The molecule has 30 heavy (non-hydrogen) atoms. The van der Waals surface area contributed by atoms with Gasteiger partial charge >= 0.3 is 0 Å². The van der Waals surface area contributed by atoms with E-state index in [1.165, 1.54) is 24.8 Å². The summed E-state index contributed by atoms with van der Waals surface area (Å²) in [6, 6.07) is 14.7. The second kappa shape index (κ2) is 10.1. The Balaban J connectivity index is 1.53. The van der Waals surface area contributed by atoms with E-state index in [0.717, 1.165) is 32.4 Å². The van der Waals surface area contributed by atoms with Crippen LogP contribution in [0.5, 0.6) is 5.75 Å². The smallest absolute Gasteiger partial charge is 0.251 e. The van der Waals surface area contributed by atoms with Gasteiger partial charge in [-0.05, 0) is 56.6 Å². The molecule has 0 saturated heterocycles. The maximum absolute atomic E-state index is 12.6. The zero-order valence-corrected chi connectivity index (χ0v) is 18.2. The lowest BCUT2D eigenvalue weighted by atomic mass is 10.2. The number of hydrogen-bond donors (Lipinski definition) is 2. The summed E-state index contributed by atoms with van der Waals surface area (Å²) in [5.74, 6) is -0.0755. The average molecular weight is 432 g/mol. The first kappa shape index (κ1) is 22.3. The molecule has 2 aromatic carbocycles. The third-order valence-electron chi connectivity index (χ3n) is 4.91. The predicted molar refractivity (Wildman–Crippen MR) is 116 cm³/mol. The number of nitrogens with zero attached hydrogens (tertiary/aromatic N) is 1. The minimum absolute atomic E-state index is 0.00727. The molecule has 0 aliphatic heterocycles. The molecule has 0 bridgehead atoms. The van der Waals surface area contributed by atoms with Gasteiger partial charge in [0, 0.05) is 24.7 Å². The van der Waals surface area contributed by atoms with Crippen LogP contribution in [0.1, 0.15) is 35.2 Å². The Morgan fingerprint density at radius 2 is 1.90 bits per heavy atom. The topological polar surface area (TPSA) is 87.7 Å². The Bertz CT molecular complexity index is 960. The second-order valence-corrected chi connectivity index (χ2v) is 9.28. The largest absolute Gasteiger partial charge is 0.495 e. The fourth-order valence-corrected chi connectivity index (χ4v) is 4.64. The SMILES string of the molecule is COc1ccc(C(=O)NCCCN(C)Cc2ccccc2)cc1S(=O)(=O)NC1CC1. The number of carbonyl (C=O) groups is 1. The van der Waals surface area contributed by atoms with Gasteiger partial charge in [-0.25, -0.2) is 13.1 Å². The number of nitrogens with one attached hydrogen (secondary N) is 2. The van der Waals surface area contributed by atoms with Gasteiger partial charge in [-0.1, -0.05) is 30.3 Å². The number of carbonyl (C=O) groups excluding carboxylic acids is 1. The van der Waals surface area contributed by atoms with Crippen LogP contribution in [-0.2, 0) is 16.6 Å². The van der Waals surface area contributed by atoms with Crippen LogP contribution in [0.15, 0.2) is 53.4 Å². The van der Waals surface area contributed by atoms with Gasteiger partial charge in [-0.2, -0.15) is 0 Å². The Morgan fingerprint density at radius 1 is 1.17 bits per heavy atom. The van der Waals surface area contributed by atoms with E-state index >= 15 is 0 Å². The van der Waals surface area contributed by atoms with Crippen LogP contribution < -0.4 is 14.8 Å². The van der Waals surface area contributed by atoms with E-state index in [0.29, 0.717) is 12.1 Å². The third-order valence-corrected chi connectivity index (χ3v) is 6.45. The van der Waals surface area contributed by atoms with Crippen molar-refractivity contribution in [3.63, 3.8) is 0 Å². The number of ether oxygens (including phenoxy) is 1. The molecule has 2 N–H and O–H groups in total. The summed E-state index contributed by atoms with van der Waals surface area (Å²) in [7, 11) is -0.266. The Hall–Kier alpha value is -2.42. The molecule has 1 fully saturated rings. The first-order valence-corrected chi connectivity index (χ1v) is 11.6. The van der Waals surface area contributed by atoms with Gasteiger partial charge in [-0.15, -0.1) is 0 Å². The van der Waals surface area contributed by atoms with Crippen LogP contribution >= 0.6 is 0 Å². The van der Waals surface area contributed by atoms with E-state index in [9.17, 15) is 13.2 Å². The first-order chi connectivity index (χ1) is 14.4. The summed E-state index contributed by atoms with van der Waals surface area (Å²) < 4.78 is 33.0. The molecule has 8 heteroatoms. The molecule has 1 saturated carbocycles. The van der Waals surface area contributed by atoms with Gasteiger partial charge in [0.25, 0.3) is 5.91 Å². The van der Waals surface area contributed by atoms with Crippen molar-refractivity contribution in [2.45, 2.75) is 36.7 Å². The van der Waals surface area contributed by atoms with Gasteiger partial charge in [0.05, 0.1) is 7.11 Å². The van der Waals surface area contributed by atoms with Crippen molar-refractivity contribution in [2.75, 3.05) is 27.2 Å². The number of methoxy groups -OCH3 is 1. The Kier molecular flexibility index (Phi) is 7.47. The number of amides is 1. The van der Waals surface area contributed by atoms with Crippen molar-refractivity contribution in [2.24, 2.45) is 0 Å². The lowest BCUT2D eigenvalue weighted by Gasteiger charge is -2.17. The van der Waals surface area contributed by atoms with E-state index in [1.807, 2.05) is 25.2 Å². The molecule has 1 aliphatic carbocycles. The van der Waals surface area contributed by atoms with Gasteiger partial charge in [-0.3, -0.25) is 4.79 Å². The van der Waals surface area contributed by atoms with Gasteiger partial charge in [0.1, 0.15) is 10.6 Å². The summed E-state index contributed by atoms with van der Waals surface area (Å²) in [5, 5.41) is 2.87. The molecule has 162 valence electrons. The van der Waals surface area contributed by atoms with E-state index in [4.69, 9.17) is 4.74 Å². The summed E-state index contributed by atoms with van der Waals surface area (Å²) in [6.45, 7) is 2.19. The third kappa shape index (κ3) is 6.29. The summed E-state index contributed by atoms with van der Waals surface area (Å²) in [4.78, 5) is 14.7. The molecule has 0 unspecified atom stereocenters. The minimum atomic E-state index is -3.72. The zero-order chi connectivity index (χ0) is 21.6. The zero-order valence-electron chi connectivity index (χ0n) is 17.4. The Morgan fingerprint density at radius 3 is 2.57 bits per heavy atom. The molecule has 3 rings (SSSR count). The molecule has 1 aliphatic rings. The minimum Gasteiger partial charge on any atom is -0.495 e. The number of rotatable bonds is 11. The van der Waals surface area contributed by atoms with Gasteiger partial charge < -0.3 is 15.0 Å². The molecule has 0 heterocycles. The number of benzene rings is 2. The van der Waals surface area contributed by atoms with Crippen molar-refractivity contribution in [1.82, 2.24) is 14.9 Å². The fourth-order valence-electron chi connectivity index (χ4n) is 3.14. The predicted octanol–water partition coefficient (Wildman–Crippen LogP) is 2.39. The van der Waals surface area contributed by atoms with E-state index in [1.54, 1.807) is 6.07 Å². The number of sulfonamides is 1. The monoisotopic (exact) mass is 431 g/mol. The van der Waals surface area contributed by atoms with E-state index in [-0.39, 0.29) is 22.6 Å². The molecule has 0 aromatic heterocycles. The highest BCUT2D eigenvalue weighted by Crippen LogP contribution is 2.28. The number of hydrogen-bond acceptors (Lipinski definition) is 5. The second-order valence-electron chi connectivity index (χ2n) is 7.59. The van der Waals surface area contributed by atoms with Crippen molar-refractivity contribution < 1.29 is 17.9 Å². The molecule has 0 atom stereocenters. The van der Waals surface area contributed by atoms with Gasteiger partial charge in [0.2, 0.25) is 10.0 Å². The van der Waals surface area contributed by atoms with Crippen LogP contribution in [0.25, 0.3) is 0 Å². The van der Waals surface area contributed by atoms with Crippen molar-refractivity contribution in [3.05, 3.63) is 59.7 Å². The van der Waals surface area contributed by atoms with Gasteiger partial charge in [0.15, 0.2) is 0 Å². The summed E-state index contributed by atoms with van der Waals surface area (Å²) in [5.41, 5.74) is 1.54. The molecular formula is C22H29N3O4S. The van der Waals surface area contributed by atoms with Crippen molar-refractivity contribution in [1.29, 1.82) is 0 Å². The quantitative estimate of drug-likeness (QED) is 0.534. The highest BCUT2D eigenvalue weighted by atomic mass is 32.2. The van der Waals surface area contributed by atoms with Crippen LogP contribution in [0, 0.1) is 0 Å². The summed E-state index contributed by atoms with van der Waals surface area (Å²) in [6.07, 6.45) is 2.46. The first-order valence-electron chi connectivity index (χ1n) is 10.1. The molecule has 2 aromatic rings.